The number of hydrogen-bond donors (Lipinski definition) is 1. The SMILES string of the molecule is Cc1c(C(=O)NC2CCS(=O)(=O)C2)cnn1-c1ccc(Br)cc1. The smallest absolute Gasteiger partial charge is 0.255 e. The molecule has 6 nitrogen and oxygen atoms in total. The van der Waals surface area contributed by atoms with E-state index in [1.165, 1.54) is 6.20 Å². The van der Waals surface area contributed by atoms with E-state index in [2.05, 4.69) is 26.3 Å². The van der Waals surface area contributed by atoms with Crippen molar-refractivity contribution in [3.05, 3.63) is 46.2 Å². The molecule has 1 aromatic carbocycles. The predicted octanol–water partition coefficient (Wildman–Crippen LogP) is 1.86. The second-order valence-corrected chi connectivity index (χ2v) is 8.75. The number of carbonyl (C=O) groups excluding carboxylic acids is 1. The van der Waals surface area contributed by atoms with Crippen LogP contribution in [0.5, 0.6) is 0 Å². The molecule has 122 valence electrons. The number of nitrogens with one attached hydrogen (secondary N) is 1. The molecule has 0 spiro atoms. The van der Waals surface area contributed by atoms with E-state index in [0.717, 1.165) is 10.2 Å². The normalized spacial score (nSPS) is 19.7. The van der Waals surface area contributed by atoms with Gasteiger partial charge in [-0.2, -0.15) is 5.10 Å². The van der Waals surface area contributed by atoms with Crippen LogP contribution in [0.3, 0.4) is 0 Å². The van der Waals surface area contributed by atoms with Gasteiger partial charge in [0.05, 0.1) is 34.6 Å². The van der Waals surface area contributed by atoms with Crippen molar-refractivity contribution in [1.82, 2.24) is 15.1 Å². The van der Waals surface area contributed by atoms with Gasteiger partial charge in [0.15, 0.2) is 9.84 Å². The van der Waals surface area contributed by atoms with Crippen LogP contribution in [0.1, 0.15) is 22.5 Å². The van der Waals surface area contributed by atoms with Crippen molar-refractivity contribution in [3.8, 4) is 5.69 Å². The second kappa shape index (κ2) is 6.09. The number of amides is 1. The molecule has 1 aliphatic rings. The van der Waals surface area contributed by atoms with Gasteiger partial charge >= 0.3 is 0 Å². The first-order valence-electron chi connectivity index (χ1n) is 7.17. The van der Waals surface area contributed by atoms with Crippen LogP contribution in [0.2, 0.25) is 0 Å². The van der Waals surface area contributed by atoms with Crippen LogP contribution < -0.4 is 5.32 Å². The topological polar surface area (TPSA) is 81.1 Å². The number of halogens is 1. The van der Waals surface area contributed by atoms with E-state index in [1.807, 2.05) is 31.2 Å². The van der Waals surface area contributed by atoms with Crippen molar-refractivity contribution < 1.29 is 13.2 Å². The summed E-state index contributed by atoms with van der Waals surface area (Å²) in [7, 11) is -3.02. The monoisotopic (exact) mass is 397 g/mol. The summed E-state index contributed by atoms with van der Waals surface area (Å²) in [5.74, 6) is -0.138. The average Bonchev–Trinajstić information content (AvgIpc) is 3.02. The Bertz CT molecular complexity index is 843. The lowest BCUT2D eigenvalue weighted by molar-refractivity contribution is 0.0940. The lowest BCUT2D eigenvalue weighted by Crippen LogP contribution is -2.35. The third kappa shape index (κ3) is 3.48. The Morgan fingerprint density at radius 3 is 2.65 bits per heavy atom. The van der Waals surface area contributed by atoms with Gasteiger partial charge in [-0.05, 0) is 37.6 Å². The first kappa shape index (κ1) is 16.2. The molecule has 1 N–H and O–H groups in total. The van der Waals surface area contributed by atoms with E-state index in [1.54, 1.807) is 4.68 Å². The fraction of sp³-hybridized carbons (Fsp3) is 0.333. The Morgan fingerprint density at radius 2 is 2.04 bits per heavy atom. The van der Waals surface area contributed by atoms with Crippen LogP contribution in [0.15, 0.2) is 34.9 Å². The van der Waals surface area contributed by atoms with Crippen molar-refractivity contribution in [1.29, 1.82) is 0 Å². The summed E-state index contributed by atoms with van der Waals surface area (Å²) >= 11 is 3.38. The van der Waals surface area contributed by atoms with E-state index in [9.17, 15) is 13.2 Å². The molecule has 23 heavy (non-hydrogen) atoms. The molecule has 0 radical (unpaired) electrons. The standard InChI is InChI=1S/C15H16BrN3O3S/c1-10-14(15(20)18-12-6-7-23(21,22)9-12)8-17-19(10)13-4-2-11(16)3-5-13/h2-5,8,12H,6-7,9H2,1H3,(H,18,20). The third-order valence-corrected chi connectivity index (χ3v) is 6.19. The highest BCUT2D eigenvalue weighted by molar-refractivity contribution is 9.10. The van der Waals surface area contributed by atoms with E-state index in [-0.39, 0.29) is 23.5 Å². The molecule has 0 bridgehead atoms. The highest BCUT2D eigenvalue weighted by Gasteiger charge is 2.29. The first-order chi connectivity index (χ1) is 10.9. The summed E-state index contributed by atoms with van der Waals surface area (Å²) in [5, 5.41) is 7.05. The summed E-state index contributed by atoms with van der Waals surface area (Å²) in [4.78, 5) is 12.4. The molecule has 1 aromatic heterocycles. The van der Waals surface area contributed by atoms with Crippen molar-refractivity contribution in [3.63, 3.8) is 0 Å². The summed E-state index contributed by atoms with van der Waals surface area (Å²) in [5.41, 5.74) is 2.02. The Labute approximate surface area is 142 Å². The number of sulfone groups is 1. The van der Waals surface area contributed by atoms with Gasteiger partial charge in [0.2, 0.25) is 0 Å². The van der Waals surface area contributed by atoms with Crippen LogP contribution >= 0.6 is 15.9 Å². The summed E-state index contributed by atoms with van der Waals surface area (Å²) < 4.78 is 25.6. The van der Waals surface area contributed by atoms with Gasteiger partial charge in [-0.15, -0.1) is 0 Å². The minimum absolute atomic E-state index is 0.0125. The molecule has 3 rings (SSSR count). The highest BCUT2D eigenvalue weighted by Crippen LogP contribution is 2.18. The van der Waals surface area contributed by atoms with E-state index < -0.39 is 9.84 Å². The van der Waals surface area contributed by atoms with Crippen LogP contribution in [-0.4, -0.2) is 41.7 Å². The number of aromatic nitrogens is 2. The quantitative estimate of drug-likeness (QED) is 0.856. The van der Waals surface area contributed by atoms with Crippen LogP contribution in [0, 0.1) is 6.92 Å². The predicted molar refractivity (Wildman–Crippen MR) is 90.5 cm³/mol. The van der Waals surface area contributed by atoms with Gasteiger partial charge in [0, 0.05) is 10.5 Å². The molecule has 1 unspecified atom stereocenters. The Balaban J connectivity index is 1.79. The van der Waals surface area contributed by atoms with Gasteiger partial charge in [0.25, 0.3) is 5.91 Å². The summed E-state index contributed by atoms with van der Waals surface area (Å²) in [6.45, 7) is 1.81. The maximum atomic E-state index is 12.4. The third-order valence-electron chi connectivity index (χ3n) is 3.89. The Hall–Kier alpha value is -1.67. The van der Waals surface area contributed by atoms with Crippen molar-refractivity contribution in [2.24, 2.45) is 0 Å². The highest BCUT2D eigenvalue weighted by atomic mass is 79.9. The molecule has 0 saturated carbocycles. The van der Waals surface area contributed by atoms with Crippen LogP contribution in [0.25, 0.3) is 5.69 Å². The lowest BCUT2D eigenvalue weighted by Gasteiger charge is -2.10. The van der Waals surface area contributed by atoms with Crippen LogP contribution in [-0.2, 0) is 9.84 Å². The molecular formula is C15H16BrN3O3S. The summed E-state index contributed by atoms with van der Waals surface area (Å²) in [6.07, 6.45) is 1.98. The van der Waals surface area contributed by atoms with Gasteiger partial charge in [-0.3, -0.25) is 4.79 Å². The van der Waals surface area contributed by atoms with Crippen molar-refractivity contribution in [2.45, 2.75) is 19.4 Å². The van der Waals surface area contributed by atoms with Crippen molar-refractivity contribution >= 4 is 31.7 Å². The molecule has 1 amide bonds. The molecule has 0 aliphatic carbocycles. The maximum Gasteiger partial charge on any atom is 0.255 e. The van der Waals surface area contributed by atoms with Gasteiger partial charge in [0.1, 0.15) is 0 Å². The average molecular weight is 398 g/mol. The van der Waals surface area contributed by atoms with E-state index in [0.29, 0.717) is 17.7 Å². The van der Waals surface area contributed by atoms with Gasteiger partial charge in [-0.25, -0.2) is 13.1 Å². The molecule has 2 aromatic rings. The zero-order chi connectivity index (χ0) is 16.6. The number of nitrogens with zero attached hydrogens (tertiary/aromatic N) is 2. The number of rotatable bonds is 3. The largest absolute Gasteiger partial charge is 0.348 e. The minimum Gasteiger partial charge on any atom is -0.348 e. The fourth-order valence-electron chi connectivity index (χ4n) is 2.65. The van der Waals surface area contributed by atoms with E-state index in [4.69, 9.17) is 0 Å². The maximum absolute atomic E-state index is 12.4. The number of benzene rings is 1. The molecule has 1 atom stereocenters. The number of hydrogen-bond acceptors (Lipinski definition) is 4. The minimum atomic E-state index is -3.02. The first-order valence-corrected chi connectivity index (χ1v) is 9.79. The Morgan fingerprint density at radius 1 is 1.35 bits per heavy atom. The zero-order valence-electron chi connectivity index (χ0n) is 12.5. The Kier molecular flexibility index (Phi) is 4.29. The molecular weight excluding hydrogens is 382 g/mol. The van der Waals surface area contributed by atoms with Gasteiger partial charge in [-0.1, -0.05) is 15.9 Å². The second-order valence-electron chi connectivity index (χ2n) is 5.61. The summed E-state index contributed by atoms with van der Waals surface area (Å²) in [6, 6.07) is 7.28. The molecule has 1 saturated heterocycles. The van der Waals surface area contributed by atoms with Crippen LogP contribution in [0.4, 0.5) is 0 Å². The fourth-order valence-corrected chi connectivity index (χ4v) is 4.58. The molecule has 2 heterocycles. The number of carbonyl (C=O) groups is 1. The van der Waals surface area contributed by atoms with E-state index >= 15 is 0 Å². The zero-order valence-corrected chi connectivity index (χ0v) is 14.9. The molecule has 1 fully saturated rings. The van der Waals surface area contributed by atoms with Gasteiger partial charge < -0.3 is 5.32 Å². The molecule has 1 aliphatic heterocycles. The lowest BCUT2D eigenvalue weighted by atomic mass is 10.2. The molecule has 8 heteroatoms. The van der Waals surface area contributed by atoms with Crippen molar-refractivity contribution in [2.75, 3.05) is 11.5 Å².